The summed E-state index contributed by atoms with van der Waals surface area (Å²) in [6.07, 6.45) is 5.94. The average molecular weight is 361 g/mol. The van der Waals surface area contributed by atoms with Gasteiger partial charge >= 0.3 is 0 Å². The fourth-order valence-electron chi connectivity index (χ4n) is 2.72. The average Bonchev–Trinajstić information content (AvgIpc) is 2.72. The van der Waals surface area contributed by atoms with E-state index >= 15 is 0 Å². The number of aromatic nitrogens is 3. The molecule has 6 heteroatoms. The molecule has 27 heavy (non-hydrogen) atoms. The van der Waals surface area contributed by atoms with Crippen LogP contribution >= 0.6 is 0 Å². The van der Waals surface area contributed by atoms with Crippen LogP contribution in [-0.4, -0.2) is 52.9 Å². The summed E-state index contributed by atoms with van der Waals surface area (Å²) >= 11 is 0. The fourth-order valence-corrected chi connectivity index (χ4v) is 2.72. The van der Waals surface area contributed by atoms with Gasteiger partial charge < -0.3 is 9.80 Å². The van der Waals surface area contributed by atoms with Crippen LogP contribution in [-0.2, 0) is 0 Å². The van der Waals surface area contributed by atoms with Gasteiger partial charge in [-0.15, -0.1) is 0 Å². The van der Waals surface area contributed by atoms with Crippen LogP contribution in [0.3, 0.4) is 0 Å². The van der Waals surface area contributed by atoms with Crippen LogP contribution in [0.4, 0.5) is 5.69 Å². The van der Waals surface area contributed by atoms with Crippen molar-refractivity contribution in [2.45, 2.75) is 6.42 Å². The van der Waals surface area contributed by atoms with Crippen molar-refractivity contribution in [3.05, 3.63) is 72.7 Å². The largest absolute Gasteiger partial charge is 0.309 e. The normalized spacial score (nSPS) is 10.8. The number of hydrogen-bond acceptors (Lipinski definition) is 5. The van der Waals surface area contributed by atoms with E-state index in [9.17, 15) is 4.79 Å². The molecular weight excluding hydrogens is 338 g/mol. The second-order valence-corrected chi connectivity index (χ2v) is 6.46. The van der Waals surface area contributed by atoms with E-state index < -0.39 is 0 Å². The van der Waals surface area contributed by atoms with Gasteiger partial charge in [-0.25, -0.2) is 9.97 Å². The Morgan fingerprint density at radius 2 is 1.59 bits per heavy atom. The number of nitrogens with zero attached hydrogens (tertiary/aromatic N) is 5. The van der Waals surface area contributed by atoms with Gasteiger partial charge in [0.1, 0.15) is 5.69 Å². The van der Waals surface area contributed by atoms with E-state index in [0.29, 0.717) is 29.3 Å². The van der Waals surface area contributed by atoms with Crippen molar-refractivity contribution in [3.8, 4) is 11.5 Å². The zero-order valence-electron chi connectivity index (χ0n) is 15.6. The summed E-state index contributed by atoms with van der Waals surface area (Å²) in [5, 5.41) is 0. The molecule has 0 aliphatic rings. The van der Waals surface area contributed by atoms with Crippen molar-refractivity contribution in [2.75, 3.05) is 32.1 Å². The Balaban J connectivity index is 1.84. The van der Waals surface area contributed by atoms with Crippen LogP contribution in [0, 0.1) is 0 Å². The van der Waals surface area contributed by atoms with Crippen LogP contribution in [0.1, 0.15) is 16.8 Å². The maximum absolute atomic E-state index is 13.0. The summed E-state index contributed by atoms with van der Waals surface area (Å²) in [7, 11) is 4.04. The molecule has 1 amide bonds. The molecule has 0 saturated carbocycles. The second-order valence-electron chi connectivity index (χ2n) is 6.46. The third-order valence-electron chi connectivity index (χ3n) is 4.10. The van der Waals surface area contributed by atoms with Crippen molar-refractivity contribution < 1.29 is 4.79 Å². The number of hydrogen-bond donors (Lipinski definition) is 0. The van der Waals surface area contributed by atoms with Gasteiger partial charge in [0, 0.05) is 18.3 Å². The van der Waals surface area contributed by atoms with E-state index in [-0.39, 0.29) is 5.91 Å². The van der Waals surface area contributed by atoms with Crippen LogP contribution in [0.2, 0.25) is 0 Å². The highest BCUT2D eigenvalue weighted by molar-refractivity contribution is 6.05. The molecule has 0 fully saturated rings. The molecule has 0 radical (unpaired) electrons. The second kappa shape index (κ2) is 9.00. The molecule has 3 aromatic rings. The quantitative estimate of drug-likeness (QED) is 0.647. The molecule has 138 valence electrons. The van der Waals surface area contributed by atoms with E-state index in [1.54, 1.807) is 23.5 Å². The monoisotopic (exact) mass is 361 g/mol. The first-order valence-electron chi connectivity index (χ1n) is 8.90. The number of anilines is 1. The van der Waals surface area contributed by atoms with E-state index in [4.69, 9.17) is 0 Å². The number of carbonyl (C=O) groups excluding carboxylic acids is 1. The molecule has 0 spiro atoms. The van der Waals surface area contributed by atoms with Crippen LogP contribution in [0.25, 0.3) is 11.5 Å². The number of rotatable bonds is 7. The molecule has 0 saturated heterocycles. The predicted octanol–water partition coefficient (Wildman–Crippen LogP) is 3.14. The lowest BCUT2D eigenvalue weighted by Crippen LogP contribution is -2.33. The molecule has 3 rings (SSSR count). The zero-order valence-corrected chi connectivity index (χ0v) is 15.6. The highest BCUT2D eigenvalue weighted by Gasteiger charge is 2.18. The molecule has 2 aromatic heterocycles. The lowest BCUT2D eigenvalue weighted by molar-refractivity contribution is 0.0986. The van der Waals surface area contributed by atoms with Crippen LogP contribution in [0.15, 0.2) is 67.1 Å². The molecule has 1 aromatic carbocycles. The van der Waals surface area contributed by atoms with Gasteiger partial charge in [0.2, 0.25) is 0 Å². The first kappa shape index (κ1) is 18.7. The summed E-state index contributed by atoms with van der Waals surface area (Å²) in [6, 6.07) is 14.9. The summed E-state index contributed by atoms with van der Waals surface area (Å²) < 4.78 is 0. The van der Waals surface area contributed by atoms with Gasteiger partial charge in [-0.3, -0.25) is 9.78 Å². The summed E-state index contributed by atoms with van der Waals surface area (Å²) in [4.78, 5) is 29.9. The third-order valence-corrected chi connectivity index (χ3v) is 4.10. The van der Waals surface area contributed by atoms with Gasteiger partial charge in [-0.2, -0.15) is 0 Å². The fraction of sp³-hybridized carbons (Fsp3) is 0.238. The van der Waals surface area contributed by atoms with Crippen molar-refractivity contribution >= 4 is 11.6 Å². The zero-order chi connectivity index (χ0) is 19.1. The Morgan fingerprint density at radius 1 is 0.889 bits per heavy atom. The van der Waals surface area contributed by atoms with E-state index in [0.717, 1.165) is 13.0 Å². The number of benzene rings is 1. The topological polar surface area (TPSA) is 62.2 Å². The minimum Gasteiger partial charge on any atom is -0.309 e. The van der Waals surface area contributed by atoms with Gasteiger partial charge in [-0.05, 0) is 51.3 Å². The predicted molar refractivity (Wildman–Crippen MR) is 107 cm³/mol. The minimum absolute atomic E-state index is 0.0523. The molecule has 0 aliphatic carbocycles. The molecule has 2 heterocycles. The maximum atomic E-state index is 13.0. The van der Waals surface area contributed by atoms with E-state index in [1.807, 2.05) is 62.6 Å². The number of amides is 1. The Bertz CT molecular complexity index is 851. The van der Waals surface area contributed by atoms with Crippen LogP contribution in [0.5, 0.6) is 0 Å². The summed E-state index contributed by atoms with van der Waals surface area (Å²) in [6.45, 7) is 1.49. The van der Waals surface area contributed by atoms with E-state index in [1.165, 1.54) is 0 Å². The standard InChI is InChI=1S/C21H23N5O/c1-25(2)13-8-14-26(21(27)17-9-4-3-5-10-17)18-15-23-20(24-16-18)19-11-6-7-12-22-19/h3-7,9-12,15-16H,8,13-14H2,1-2H3. The molecule has 0 aliphatic heterocycles. The summed E-state index contributed by atoms with van der Waals surface area (Å²) in [5.74, 6) is 0.489. The third kappa shape index (κ3) is 4.95. The lowest BCUT2D eigenvalue weighted by Gasteiger charge is -2.23. The molecule has 0 bridgehead atoms. The number of pyridine rings is 1. The van der Waals surface area contributed by atoms with Gasteiger partial charge in [0.25, 0.3) is 5.91 Å². The molecule has 0 N–H and O–H groups in total. The molecule has 0 atom stereocenters. The lowest BCUT2D eigenvalue weighted by atomic mass is 10.2. The van der Waals surface area contributed by atoms with Crippen molar-refractivity contribution in [1.29, 1.82) is 0 Å². The Morgan fingerprint density at radius 3 is 2.22 bits per heavy atom. The minimum atomic E-state index is -0.0523. The Labute approximate surface area is 159 Å². The SMILES string of the molecule is CN(C)CCCN(C(=O)c1ccccc1)c1cnc(-c2ccccn2)nc1. The van der Waals surface area contributed by atoms with Gasteiger partial charge in [0.05, 0.1) is 18.1 Å². The summed E-state index contributed by atoms with van der Waals surface area (Å²) in [5.41, 5.74) is 2.04. The maximum Gasteiger partial charge on any atom is 0.258 e. The van der Waals surface area contributed by atoms with Gasteiger partial charge in [0.15, 0.2) is 5.82 Å². The van der Waals surface area contributed by atoms with Crippen LogP contribution < -0.4 is 4.90 Å². The smallest absolute Gasteiger partial charge is 0.258 e. The van der Waals surface area contributed by atoms with E-state index in [2.05, 4.69) is 19.9 Å². The molecule has 6 nitrogen and oxygen atoms in total. The highest BCUT2D eigenvalue weighted by atomic mass is 16.2. The molecular formula is C21H23N5O. The van der Waals surface area contributed by atoms with Crippen molar-refractivity contribution in [1.82, 2.24) is 19.9 Å². The first-order valence-corrected chi connectivity index (χ1v) is 8.90. The Hall–Kier alpha value is -3.12. The van der Waals surface area contributed by atoms with Crippen molar-refractivity contribution in [2.24, 2.45) is 0 Å². The highest BCUT2D eigenvalue weighted by Crippen LogP contribution is 2.18. The molecule has 0 unspecified atom stereocenters. The van der Waals surface area contributed by atoms with Gasteiger partial charge in [-0.1, -0.05) is 24.3 Å². The Kier molecular flexibility index (Phi) is 6.22. The number of carbonyl (C=O) groups is 1. The first-order chi connectivity index (χ1) is 13.1. The van der Waals surface area contributed by atoms with Crippen molar-refractivity contribution in [3.63, 3.8) is 0 Å².